The van der Waals surface area contributed by atoms with E-state index in [9.17, 15) is 0 Å². The highest BCUT2D eigenvalue weighted by Gasteiger charge is 2.41. The summed E-state index contributed by atoms with van der Waals surface area (Å²) in [5, 5.41) is 4.29. The Morgan fingerprint density at radius 2 is 2.00 bits per heavy atom. The molecule has 2 heterocycles. The predicted octanol–water partition coefficient (Wildman–Crippen LogP) is 5.98. The molecular formula is C25H23NOS2. The maximum absolute atomic E-state index is 6.70. The van der Waals surface area contributed by atoms with Gasteiger partial charge in [0, 0.05) is 21.9 Å². The first kappa shape index (κ1) is 19.9. The minimum absolute atomic E-state index is 0.110. The highest BCUT2D eigenvalue weighted by atomic mass is 32.1. The van der Waals surface area contributed by atoms with Crippen molar-refractivity contribution in [3.05, 3.63) is 93.5 Å². The van der Waals surface area contributed by atoms with Gasteiger partial charge in [-0.05, 0) is 53.1 Å². The van der Waals surface area contributed by atoms with E-state index in [0.29, 0.717) is 13.2 Å². The van der Waals surface area contributed by atoms with Crippen LogP contribution in [0, 0.1) is 17.8 Å². The van der Waals surface area contributed by atoms with Gasteiger partial charge in [0.25, 0.3) is 0 Å². The smallest absolute Gasteiger partial charge is 0.129 e. The molecule has 0 saturated carbocycles. The summed E-state index contributed by atoms with van der Waals surface area (Å²) in [6.45, 7) is 2.85. The van der Waals surface area contributed by atoms with Gasteiger partial charge in [-0.2, -0.15) is 11.3 Å². The van der Waals surface area contributed by atoms with E-state index < -0.39 is 5.60 Å². The first-order chi connectivity index (χ1) is 14.3. The summed E-state index contributed by atoms with van der Waals surface area (Å²) in [4.78, 5) is 2.47. The minimum Gasteiger partial charge on any atom is -0.359 e. The van der Waals surface area contributed by atoms with E-state index in [0.717, 1.165) is 11.1 Å². The van der Waals surface area contributed by atoms with Crippen LogP contribution in [0.2, 0.25) is 0 Å². The van der Waals surface area contributed by atoms with E-state index in [1.165, 1.54) is 15.3 Å². The van der Waals surface area contributed by atoms with Crippen LogP contribution in [0.5, 0.6) is 0 Å². The summed E-state index contributed by atoms with van der Waals surface area (Å²) in [5.74, 6) is 6.35. The largest absolute Gasteiger partial charge is 0.359 e. The first-order valence-corrected chi connectivity index (χ1v) is 11.3. The third-order valence-corrected chi connectivity index (χ3v) is 6.91. The molecule has 2 N–H and O–H groups in total. The zero-order chi connectivity index (χ0) is 20.1. The van der Waals surface area contributed by atoms with Crippen LogP contribution < -0.4 is 5.73 Å². The van der Waals surface area contributed by atoms with Crippen molar-refractivity contribution in [3.8, 4) is 22.3 Å². The molecule has 29 heavy (non-hydrogen) atoms. The summed E-state index contributed by atoms with van der Waals surface area (Å²) in [7, 11) is 0. The maximum atomic E-state index is 6.70. The molecule has 146 valence electrons. The van der Waals surface area contributed by atoms with Crippen LogP contribution >= 0.6 is 22.7 Å². The first-order valence-electron chi connectivity index (χ1n) is 9.58. The van der Waals surface area contributed by atoms with Crippen LogP contribution in [0.1, 0.15) is 17.4 Å². The third kappa shape index (κ3) is 4.01. The SMILES string of the molecule is CC#CC1C(CN)=CC=CC1(OCc1ccc(-c2ccsc2)s1)c1ccccc1. The van der Waals surface area contributed by atoms with Gasteiger partial charge in [-0.25, -0.2) is 0 Å². The zero-order valence-corrected chi connectivity index (χ0v) is 17.9. The third-order valence-electron chi connectivity index (χ3n) is 5.12. The van der Waals surface area contributed by atoms with Gasteiger partial charge in [-0.15, -0.1) is 17.3 Å². The van der Waals surface area contributed by atoms with Gasteiger partial charge in [0.15, 0.2) is 0 Å². The second-order valence-electron chi connectivity index (χ2n) is 6.86. The molecule has 2 aromatic heterocycles. The number of ether oxygens (including phenoxy) is 1. The molecule has 0 radical (unpaired) electrons. The number of hydrogen-bond donors (Lipinski definition) is 1. The van der Waals surface area contributed by atoms with Crippen LogP contribution in [-0.4, -0.2) is 6.54 Å². The lowest BCUT2D eigenvalue weighted by Gasteiger charge is -2.39. The highest BCUT2D eigenvalue weighted by molar-refractivity contribution is 7.16. The second kappa shape index (κ2) is 8.94. The molecule has 0 saturated heterocycles. The van der Waals surface area contributed by atoms with Crippen LogP contribution in [0.4, 0.5) is 0 Å². The lowest BCUT2D eigenvalue weighted by atomic mass is 9.74. The molecule has 0 bridgehead atoms. The highest BCUT2D eigenvalue weighted by Crippen LogP contribution is 2.43. The fourth-order valence-corrected chi connectivity index (χ4v) is 5.34. The van der Waals surface area contributed by atoms with Gasteiger partial charge < -0.3 is 10.5 Å². The lowest BCUT2D eigenvalue weighted by Crippen LogP contribution is -2.39. The van der Waals surface area contributed by atoms with Gasteiger partial charge in [-0.3, -0.25) is 0 Å². The van der Waals surface area contributed by atoms with Crippen LogP contribution in [0.15, 0.2) is 83.1 Å². The monoisotopic (exact) mass is 417 g/mol. The van der Waals surface area contributed by atoms with Crippen molar-refractivity contribution in [2.45, 2.75) is 19.1 Å². The predicted molar refractivity (Wildman–Crippen MR) is 124 cm³/mol. The Morgan fingerprint density at radius 1 is 1.14 bits per heavy atom. The van der Waals surface area contributed by atoms with Gasteiger partial charge in [0.1, 0.15) is 5.60 Å². The van der Waals surface area contributed by atoms with E-state index in [2.05, 4.69) is 65.1 Å². The topological polar surface area (TPSA) is 35.2 Å². The van der Waals surface area contributed by atoms with Crippen molar-refractivity contribution in [2.75, 3.05) is 6.54 Å². The van der Waals surface area contributed by atoms with Gasteiger partial charge in [0.05, 0.1) is 12.5 Å². The van der Waals surface area contributed by atoms with Crippen molar-refractivity contribution in [1.29, 1.82) is 0 Å². The average Bonchev–Trinajstić information content (AvgIpc) is 3.46. The van der Waals surface area contributed by atoms with Crippen molar-refractivity contribution in [1.82, 2.24) is 0 Å². The Kier molecular flexibility index (Phi) is 6.13. The second-order valence-corrected chi connectivity index (χ2v) is 8.81. The Balaban J connectivity index is 1.68. The number of nitrogens with two attached hydrogens (primary N) is 1. The van der Waals surface area contributed by atoms with E-state index in [1.54, 1.807) is 22.7 Å². The molecular weight excluding hydrogens is 394 g/mol. The Bertz CT molecular complexity index is 1070. The van der Waals surface area contributed by atoms with Crippen LogP contribution in [-0.2, 0) is 16.9 Å². The molecule has 0 spiro atoms. The number of thiophene rings is 2. The van der Waals surface area contributed by atoms with E-state index in [4.69, 9.17) is 10.5 Å². The molecule has 0 amide bonds. The molecule has 4 heteroatoms. The molecule has 0 aliphatic heterocycles. The zero-order valence-electron chi connectivity index (χ0n) is 16.3. The normalized spacial score (nSPS) is 20.8. The summed E-state index contributed by atoms with van der Waals surface area (Å²) in [6, 6.07) is 16.8. The molecule has 1 aromatic carbocycles. The van der Waals surface area contributed by atoms with Gasteiger partial charge in [-0.1, -0.05) is 48.4 Å². The molecule has 2 unspecified atom stereocenters. The molecule has 1 aliphatic rings. The Hall–Kier alpha value is -2.42. The molecule has 3 aromatic rings. The van der Waals surface area contributed by atoms with Crippen molar-refractivity contribution >= 4 is 22.7 Å². The Labute approximate surface area is 180 Å². The summed E-state index contributed by atoms with van der Waals surface area (Å²) < 4.78 is 6.70. The van der Waals surface area contributed by atoms with Gasteiger partial charge >= 0.3 is 0 Å². The van der Waals surface area contributed by atoms with Crippen LogP contribution in [0.3, 0.4) is 0 Å². The molecule has 2 atom stereocenters. The van der Waals surface area contributed by atoms with Crippen molar-refractivity contribution in [3.63, 3.8) is 0 Å². The number of allylic oxidation sites excluding steroid dienone is 2. The summed E-state index contributed by atoms with van der Waals surface area (Å²) >= 11 is 3.49. The standard InChI is InChI=1S/C25H23NOS2/c1-2-7-23-19(16-26)8-6-14-25(23,21-9-4-3-5-10-21)27-17-22-11-12-24(29-22)20-13-15-28-18-20/h3-6,8-15,18,23H,16-17,26H2,1H3. The summed E-state index contributed by atoms with van der Waals surface area (Å²) in [5.41, 5.74) is 8.87. The molecule has 1 aliphatic carbocycles. The van der Waals surface area contributed by atoms with Gasteiger partial charge in [0.2, 0.25) is 0 Å². The minimum atomic E-state index is -0.653. The number of rotatable bonds is 6. The summed E-state index contributed by atoms with van der Waals surface area (Å²) in [6.07, 6.45) is 6.25. The number of hydrogen-bond acceptors (Lipinski definition) is 4. The van der Waals surface area contributed by atoms with E-state index >= 15 is 0 Å². The van der Waals surface area contributed by atoms with E-state index in [1.807, 2.05) is 31.2 Å². The molecule has 2 nitrogen and oxygen atoms in total. The quantitative estimate of drug-likeness (QED) is 0.501. The van der Waals surface area contributed by atoms with Crippen LogP contribution in [0.25, 0.3) is 10.4 Å². The fourth-order valence-electron chi connectivity index (χ4n) is 3.69. The molecule has 4 rings (SSSR count). The van der Waals surface area contributed by atoms with Crippen molar-refractivity contribution < 1.29 is 4.74 Å². The maximum Gasteiger partial charge on any atom is 0.129 e. The lowest BCUT2D eigenvalue weighted by molar-refractivity contribution is -0.0433. The fraction of sp³-hybridized carbons (Fsp3) is 0.200. The molecule has 0 fully saturated rings. The average molecular weight is 418 g/mol. The van der Waals surface area contributed by atoms with E-state index in [-0.39, 0.29) is 5.92 Å². The van der Waals surface area contributed by atoms with Crippen molar-refractivity contribution in [2.24, 2.45) is 11.7 Å². The Morgan fingerprint density at radius 3 is 2.72 bits per heavy atom. The number of benzene rings is 1.